The number of esters is 1. The highest BCUT2D eigenvalue weighted by Crippen LogP contribution is 2.18. The summed E-state index contributed by atoms with van der Waals surface area (Å²) >= 11 is 0. The van der Waals surface area contributed by atoms with Gasteiger partial charge in [-0.15, -0.1) is 0 Å². The lowest BCUT2D eigenvalue weighted by Gasteiger charge is -2.07. The zero-order valence-corrected chi connectivity index (χ0v) is 14.2. The average molecular weight is 383 g/mol. The molecule has 0 fully saturated rings. The van der Waals surface area contributed by atoms with E-state index in [1.54, 1.807) is 0 Å². The second-order valence-electron chi connectivity index (χ2n) is 5.17. The maximum absolute atomic E-state index is 12.4. The Bertz CT molecular complexity index is 868. The maximum Gasteiger partial charge on any atom is 0.341 e. The number of benzene rings is 2. The van der Waals surface area contributed by atoms with E-state index in [2.05, 4.69) is 5.32 Å². The zero-order chi connectivity index (χ0) is 19.2. The number of sulfone groups is 1. The van der Waals surface area contributed by atoms with Crippen LogP contribution in [-0.2, 0) is 25.9 Å². The minimum absolute atomic E-state index is 0.0610. The molecule has 0 aliphatic heterocycles. The average Bonchev–Trinajstić information content (AvgIpc) is 2.65. The molecule has 0 bridgehead atoms. The first kappa shape index (κ1) is 19.5. The highest BCUT2D eigenvalue weighted by atomic mass is 32.2. The van der Waals surface area contributed by atoms with Crippen LogP contribution in [0.1, 0.15) is 15.9 Å². The first-order valence-corrected chi connectivity index (χ1v) is 8.95. The number of hydrogen-bond donors (Lipinski definition) is 1. The number of alkyl halides is 2. The Morgan fingerprint density at radius 3 is 2.19 bits per heavy atom. The van der Waals surface area contributed by atoms with Crippen LogP contribution in [-0.4, -0.2) is 32.7 Å². The van der Waals surface area contributed by atoms with E-state index >= 15 is 0 Å². The molecule has 0 heterocycles. The molecule has 138 valence electrons. The van der Waals surface area contributed by atoms with Crippen molar-refractivity contribution >= 4 is 21.7 Å². The van der Waals surface area contributed by atoms with Crippen LogP contribution in [0.25, 0.3) is 0 Å². The predicted molar refractivity (Wildman–Crippen MR) is 88.2 cm³/mol. The number of hydrogen-bond acceptors (Lipinski definition) is 5. The molecule has 26 heavy (non-hydrogen) atoms. The fourth-order valence-electron chi connectivity index (χ4n) is 1.95. The number of ether oxygens (including phenoxy) is 1. The molecule has 0 aliphatic carbocycles. The Kier molecular flexibility index (Phi) is 6.40. The van der Waals surface area contributed by atoms with Gasteiger partial charge in [-0.05, 0) is 29.8 Å². The molecule has 0 radical (unpaired) electrons. The Balaban J connectivity index is 1.87. The molecule has 0 unspecified atom stereocenters. The van der Waals surface area contributed by atoms with Gasteiger partial charge in [-0.2, -0.15) is 8.78 Å². The summed E-state index contributed by atoms with van der Waals surface area (Å²) in [6.45, 7) is -0.250. The largest absolute Gasteiger partial charge is 0.452 e. The molecule has 2 aromatic carbocycles. The summed E-state index contributed by atoms with van der Waals surface area (Å²) in [6.07, 6.45) is 0. The van der Waals surface area contributed by atoms with Crippen LogP contribution in [0.4, 0.5) is 8.78 Å². The van der Waals surface area contributed by atoms with E-state index in [0.29, 0.717) is 0 Å². The van der Waals surface area contributed by atoms with E-state index in [9.17, 15) is 26.8 Å². The van der Waals surface area contributed by atoms with Crippen molar-refractivity contribution in [3.05, 3.63) is 65.7 Å². The van der Waals surface area contributed by atoms with Crippen molar-refractivity contribution in [2.24, 2.45) is 0 Å². The first-order valence-electron chi connectivity index (χ1n) is 7.40. The minimum Gasteiger partial charge on any atom is -0.452 e. The van der Waals surface area contributed by atoms with Crippen molar-refractivity contribution in [2.45, 2.75) is 17.2 Å². The molecule has 0 aliphatic rings. The number of carbonyl (C=O) groups is 2. The summed E-state index contributed by atoms with van der Waals surface area (Å²) in [6, 6.07) is 13.0. The minimum atomic E-state index is -4.73. The molecule has 1 N–H and O–H groups in total. The van der Waals surface area contributed by atoms with Crippen LogP contribution in [0.15, 0.2) is 59.5 Å². The SMILES string of the molecule is O=C(COC(=O)c1ccc(S(=O)(=O)C(F)F)cc1)NCc1ccccc1. The summed E-state index contributed by atoms with van der Waals surface area (Å²) in [5, 5.41) is 2.57. The molecule has 1 amide bonds. The van der Waals surface area contributed by atoms with Gasteiger partial charge in [-0.25, -0.2) is 13.2 Å². The van der Waals surface area contributed by atoms with Crippen molar-refractivity contribution in [3.8, 4) is 0 Å². The van der Waals surface area contributed by atoms with Crippen LogP contribution in [0.2, 0.25) is 0 Å². The molecule has 6 nitrogen and oxygen atoms in total. The van der Waals surface area contributed by atoms with Crippen LogP contribution in [0.3, 0.4) is 0 Å². The second kappa shape index (κ2) is 8.52. The fourth-order valence-corrected chi connectivity index (χ4v) is 2.67. The maximum atomic E-state index is 12.4. The Labute approximate surface area is 148 Å². The smallest absolute Gasteiger partial charge is 0.341 e. The van der Waals surface area contributed by atoms with Gasteiger partial charge in [0.1, 0.15) is 0 Å². The predicted octanol–water partition coefficient (Wildman–Crippen LogP) is 2.16. The lowest BCUT2D eigenvalue weighted by Crippen LogP contribution is -2.28. The van der Waals surface area contributed by atoms with E-state index < -0.39 is 39.0 Å². The molecule has 9 heteroatoms. The summed E-state index contributed by atoms with van der Waals surface area (Å²) in [7, 11) is -4.73. The van der Waals surface area contributed by atoms with Gasteiger partial charge in [0, 0.05) is 6.54 Å². The lowest BCUT2D eigenvalue weighted by molar-refractivity contribution is -0.124. The van der Waals surface area contributed by atoms with E-state index in [1.165, 1.54) is 0 Å². The zero-order valence-electron chi connectivity index (χ0n) is 13.4. The third-order valence-corrected chi connectivity index (χ3v) is 4.72. The second-order valence-corrected chi connectivity index (χ2v) is 7.09. The van der Waals surface area contributed by atoms with Gasteiger partial charge in [-0.1, -0.05) is 30.3 Å². The van der Waals surface area contributed by atoms with Gasteiger partial charge in [0.25, 0.3) is 5.91 Å². The molecule has 2 aromatic rings. The third kappa shape index (κ3) is 5.09. The van der Waals surface area contributed by atoms with Gasteiger partial charge >= 0.3 is 11.7 Å². The lowest BCUT2D eigenvalue weighted by atomic mass is 10.2. The van der Waals surface area contributed by atoms with Gasteiger partial charge in [0.15, 0.2) is 6.61 Å². The monoisotopic (exact) mass is 383 g/mol. The van der Waals surface area contributed by atoms with Crippen LogP contribution < -0.4 is 5.32 Å². The topological polar surface area (TPSA) is 89.5 Å². The summed E-state index contributed by atoms with van der Waals surface area (Å²) in [5.74, 6) is -4.94. The number of nitrogens with one attached hydrogen (secondary N) is 1. The van der Waals surface area contributed by atoms with Gasteiger partial charge in [-0.3, -0.25) is 4.79 Å². The Morgan fingerprint density at radius 1 is 1.00 bits per heavy atom. The van der Waals surface area contributed by atoms with E-state index in [-0.39, 0.29) is 12.1 Å². The third-order valence-electron chi connectivity index (χ3n) is 3.32. The summed E-state index contributed by atoms with van der Waals surface area (Å²) < 4.78 is 52.3. The normalized spacial score (nSPS) is 11.2. The molecule has 2 rings (SSSR count). The first-order chi connectivity index (χ1) is 12.3. The summed E-state index contributed by atoms with van der Waals surface area (Å²) in [4.78, 5) is 22.9. The van der Waals surface area contributed by atoms with Crippen molar-refractivity contribution in [1.82, 2.24) is 5.32 Å². The van der Waals surface area contributed by atoms with E-state index in [4.69, 9.17) is 4.74 Å². The number of amides is 1. The molecule has 0 atom stereocenters. The molecule has 0 aromatic heterocycles. The highest BCUT2D eigenvalue weighted by molar-refractivity contribution is 7.91. The molecular weight excluding hydrogens is 368 g/mol. The van der Waals surface area contributed by atoms with Crippen LogP contribution in [0, 0.1) is 0 Å². The Morgan fingerprint density at radius 2 is 1.62 bits per heavy atom. The summed E-state index contributed by atoms with van der Waals surface area (Å²) in [5.41, 5.74) is 0.817. The van der Waals surface area contributed by atoms with E-state index in [0.717, 1.165) is 29.8 Å². The van der Waals surface area contributed by atoms with Crippen LogP contribution in [0.5, 0.6) is 0 Å². The molecule has 0 saturated heterocycles. The molecule has 0 saturated carbocycles. The fraction of sp³-hybridized carbons (Fsp3) is 0.176. The highest BCUT2D eigenvalue weighted by Gasteiger charge is 2.26. The van der Waals surface area contributed by atoms with Crippen molar-refractivity contribution in [2.75, 3.05) is 6.61 Å². The van der Waals surface area contributed by atoms with E-state index in [1.807, 2.05) is 30.3 Å². The van der Waals surface area contributed by atoms with Crippen molar-refractivity contribution in [3.63, 3.8) is 0 Å². The van der Waals surface area contributed by atoms with Crippen molar-refractivity contribution < 1.29 is 31.5 Å². The Hall–Kier alpha value is -2.81. The standard InChI is InChI=1S/C17H15F2NO5S/c18-17(19)26(23,24)14-8-6-13(7-9-14)16(22)25-11-15(21)20-10-12-4-2-1-3-5-12/h1-9,17H,10-11H2,(H,20,21). The van der Waals surface area contributed by atoms with Crippen LogP contribution >= 0.6 is 0 Å². The van der Waals surface area contributed by atoms with Gasteiger partial charge < -0.3 is 10.1 Å². The molecule has 0 spiro atoms. The van der Waals surface area contributed by atoms with Crippen molar-refractivity contribution in [1.29, 1.82) is 0 Å². The number of halogens is 2. The quantitative estimate of drug-likeness (QED) is 0.740. The number of rotatable bonds is 7. The van der Waals surface area contributed by atoms with Gasteiger partial charge in [0.2, 0.25) is 9.84 Å². The number of carbonyl (C=O) groups excluding carboxylic acids is 2. The molecular formula is C17H15F2NO5S. The van der Waals surface area contributed by atoms with Gasteiger partial charge in [0.05, 0.1) is 10.5 Å².